The normalized spacial score (nSPS) is 14.3. The van der Waals surface area contributed by atoms with Crippen molar-refractivity contribution in [2.24, 2.45) is 0 Å². The van der Waals surface area contributed by atoms with Crippen molar-refractivity contribution in [3.05, 3.63) is 29.3 Å². The molecule has 1 aromatic carbocycles. The van der Waals surface area contributed by atoms with Gasteiger partial charge in [0.1, 0.15) is 11.6 Å². The Labute approximate surface area is 147 Å². The Bertz CT molecular complexity index is 679. The number of carbonyl (C=O) groups is 3. The fourth-order valence-corrected chi connectivity index (χ4v) is 2.53. The predicted octanol–water partition coefficient (Wildman–Crippen LogP) is 2.56. The summed E-state index contributed by atoms with van der Waals surface area (Å²) in [6.07, 6.45) is 0.575. The molecule has 0 fully saturated rings. The highest BCUT2D eigenvalue weighted by Gasteiger charge is 2.25. The number of hydrogen-bond donors (Lipinski definition) is 3. The van der Waals surface area contributed by atoms with E-state index in [-0.39, 0.29) is 11.8 Å². The third-order valence-corrected chi connectivity index (χ3v) is 3.65. The molecule has 0 radical (unpaired) electrons. The summed E-state index contributed by atoms with van der Waals surface area (Å²) in [5, 5.41) is 8.09. The number of anilines is 1. The smallest absolute Gasteiger partial charge is 0.408 e. The Morgan fingerprint density at radius 3 is 2.68 bits per heavy atom. The van der Waals surface area contributed by atoms with Crippen LogP contribution < -0.4 is 16.0 Å². The molecule has 25 heavy (non-hydrogen) atoms. The molecule has 3 N–H and O–H groups in total. The zero-order valence-corrected chi connectivity index (χ0v) is 15.1. The van der Waals surface area contributed by atoms with Gasteiger partial charge in [-0.15, -0.1) is 0 Å². The van der Waals surface area contributed by atoms with Crippen LogP contribution in [0.4, 0.5) is 10.5 Å². The van der Waals surface area contributed by atoms with E-state index < -0.39 is 17.7 Å². The standard InChI is InChI=1S/C18H25N3O4/c1-5-6-14(21-17(24)25-18(2,3)4)16(23)20-12-8-7-11-10-19-15(22)13(11)9-12/h7-9,14H,5-6,10H2,1-4H3,(H,19,22)(H,20,23)(H,21,24). The predicted molar refractivity (Wildman–Crippen MR) is 94.3 cm³/mol. The molecule has 1 heterocycles. The van der Waals surface area contributed by atoms with Gasteiger partial charge in [-0.25, -0.2) is 4.79 Å². The van der Waals surface area contributed by atoms with Crippen molar-refractivity contribution < 1.29 is 19.1 Å². The highest BCUT2D eigenvalue weighted by molar-refractivity contribution is 6.01. The van der Waals surface area contributed by atoms with Crippen LogP contribution in [-0.4, -0.2) is 29.6 Å². The molecule has 1 aromatic rings. The number of fused-ring (bicyclic) bond motifs is 1. The molecule has 0 aromatic heterocycles. The Morgan fingerprint density at radius 2 is 2.04 bits per heavy atom. The molecule has 0 spiro atoms. The van der Waals surface area contributed by atoms with Gasteiger partial charge in [0, 0.05) is 17.8 Å². The van der Waals surface area contributed by atoms with Gasteiger partial charge in [0.2, 0.25) is 5.91 Å². The van der Waals surface area contributed by atoms with Gasteiger partial charge >= 0.3 is 6.09 Å². The quantitative estimate of drug-likeness (QED) is 0.762. The second-order valence-corrected chi connectivity index (χ2v) is 7.03. The maximum absolute atomic E-state index is 12.5. The van der Waals surface area contributed by atoms with Crippen LogP contribution in [0.2, 0.25) is 0 Å². The van der Waals surface area contributed by atoms with Gasteiger partial charge < -0.3 is 20.7 Å². The molecule has 0 bridgehead atoms. The van der Waals surface area contributed by atoms with Gasteiger partial charge in [-0.05, 0) is 44.9 Å². The minimum atomic E-state index is -0.707. The van der Waals surface area contributed by atoms with Gasteiger partial charge in [-0.2, -0.15) is 0 Å². The lowest BCUT2D eigenvalue weighted by Gasteiger charge is -2.23. The molecule has 1 aliphatic heterocycles. The van der Waals surface area contributed by atoms with E-state index in [9.17, 15) is 14.4 Å². The monoisotopic (exact) mass is 347 g/mol. The van der Waals surface area contributed by atoms with Crippen LogP contribution in [0.25, 0.3) is 0 Å². The zero-order chi connectivity index (χ0) is 18.6. The third-order valence-electron chi connectivity index (χ3n) is 3.65. The van der Waals surface area contributed by atoms with Crippen LogP contribution >= 0.6 is 0 Å². The van der Waals surface area contributed by atoms with Crippen molar-refractivity contribution >= 4 is 23.6 Å². The maximum atomic E-state index is 12.5. The summed E-state index contributed by atoms with van der Waals surface area (Å²) in [5.74, 6) is -0.492. The zero-order valence-electron chi connectivity index (χ0n) is 15.1. The molecule has 136 valence electrons. The summed E-state index contributed by atoms with van der Waals surface area (Å²) in [5.41, 5.74) is 1.35. The molecule has 1 aliphatic rings. The van der Waals surface area contributed by atoms with Crippen molar-refractivity contribution in [2.45, 2.75) is 58.7 Å². The van der Waals surface area contributed by atoms with Crippen LogP contribution in [0.15, 0.2) is 18.2 Å². The first-order valence-corrected chi connectivity index (χ1v) is 8.41. The number of rotatable bonds is 5. The number of alkyl carbamates (subject to hydrolysis) is 1. The maximum Gasteiger partial charge on any atom is 0.408 e. The number of nitrogens with one attached hydrogen (secondary N) is 3. The Kier molecular flexibility index (Phi) is 5.66. The minimum absolute atomic E-state index is 0.150. The van der Waals surface area contributed by atoms with Crippen molar-refractivity contribution in [1.29, 1.82) is 0 Å². The van der Waals surface area contributed by atoms with E-state index in [0.717, 1.165) is 12.0 Å². The molecule has 0 saturated carbocycles. The van der Waals surface area contributed by atoms with Crippen LogP contribution in [0.1, 0.15) is 56.5 Å². The van der Waals surface area contributed by atoms with Gasteiger partial charge in [-0.3, -0.25) is 9.59 Å². The molecule has 0 saturated heterocycles. The Morgan fingerprint density at radius 1 is 1.32 bits per heavy atom. The molecule has 7 heteroatoms. The van der Waals surface area contributed by atoms with Gasteiger partial charge in [0.25, 0.3) is 5.91 Å². The van der Waals surface area contributed by atoms with Crippen molar-refractivity contribution in [2.75, 3.05) is 5.32 Å². The Balaban J connectivity index is 2.04. The summed E-state index contributed by atoms with van der Waals surface area (Å²) < 4.78 is 5.21. The molecule has 2 rings (SSSR count). The van der Waals surface area contributed by atoms with Crippen LogP contribution in [0.3, 0.4) is 0 Å². The van der Waals surface area contributed by atoms with Crippen molar-refractivity contribution in [3.8, 4) is 0 Å². The second kappa shape index (κ2) is 7.55. The van der Waals surface area contributed by atoms with Crippen LogP contribution in [0.5, 0.6) is 0 Å². The van der Waals surface area contributed by atoms with Crippen LogP contribution in [0, 0.1) is 0 Å². The summed E-state index contributed by atoms with van der Waals surface area (Å²) >= 11 is 0. The van der Waals surface area contributed by atoms with E-state index in [1.807, 2.05) is 6.92 Å². The molecular weight excluding hydrogens is 322 g/mol. The average Bonchev–Trinajstić information content (AvgIpc) is 2.86. The number of benzene rings is 1. The minimum Gasteiger partial charge on any atom is -0.444 e. The second-order valence-electron chi connectivity index (χ2n) is 7.03. The number of hydrogen-bond acceptors (Lipinski definition) is 4. The highest BCUT2D eigenvalue weighted by atomic mass is 16.6. The number of amides is 3. The van der Waals surface area contributed by atoms with Crippen molar-refractivity contribution in [1.82, 2.24) is 10.6 Å². The number of carbonyl (C=O) groups excluding carboxylic acids is 3. The van der Waals surface area contributed by atoms with E-state index in [4.69, 9.17) is 4.74 Å². The van der Waals surface area contributed by atoms with Crippen molar-refractivity contribution in [3.63, 3.8) is 0 Å². The molecule has 0 aliphatic carbocycles. The highest BCUT2D eigenvalue weighted by Crippen LogP contribution is 2.20. The summed E-state index contributed by atoms with van der Waals surface area (Å²) in [6, 6.07) is 4.49. The molecule has 3 amide bonds. The molecule has 7 nitrogen and oxygen atoms in total. The van der Waals surface area contributed by atoms with Gasteiger partial charge in [0.15, 0.2) is 0 Å². The summed E-state index contributed by atoms with van der Waals surface area (Å²) in [7, 11) is 0. The largest absolute Gasteiger partial charge is 0.444 e. The lowest BCUT2D eigenvalue weighted by molar-refractivity contribution is -0.118. The topological polar surface area (TPSA) is 96.5 Å². The molecule has 1 atom stereocenters. The van der Waals surface area contributed by atoms with E-state index in [2.05, 4.69) is 16.0 Å². The fraction of sp³-hybridized carbons (Fsp3) is 0.500. The first kappa shape index (κ1) is 18.8. The molecular formula is C18H25N3O4. The van der Waals surface area contributed by atoms with Crippen LogP contribution in [-0.2, 0) is 16.1 Å². The van der Waals surface area contributed by atoms with E-state index >= 15 is 0 Å². The van der Waals surface area contributed by atoms with E-state index in [1.165, 1.54) is 0 Å². The third kappa shape index (κ3) is 5.20. The number of ether oxygens (including phenoxy) is 1. The van der Waals surface area contributed by atoms with Gasteiger partial charge in [0.05, 0.1) is 0 Å². The summed E-state index contributed by atoms with van der Waals surface area (Å²) in [6.45, 7) is 7.71. The average molecular weight is 347 g/mol. The first-order valence-electron chi connectivity index (χ1n) is 8.41. The van der Waals surface area contributed by atoms with E-state index in [1.54, 1.807) is 39.0 Å². The summed E-state index contributed by atoms with van der Waals surface area (Å²) in [4.78, 5) is 36.2. The lowest BCUT2D eigenvalue weighted by Crippen LogP contribution is -2.45. The fourth-order valence-electron chi connectivity index (χ4n) is 2.53. The van der Waals surface area contributed by atoms with Gasteiger partial charge in [-0.1, -0.05) is 19.4 Å². The Hall–Kier alpha value is -2.57. The first-order chi connectivity index (χ1) is 11.7. The van der Waals surface area contributed by atoms with E-state index in [0.29, 0.717) is 24.2 Å². The molecule has 1 unspecified atom stereocenters. The SMILES string of the molecule is CCCC(NC(=O)OC(C)(C)C)C(=O)Nc1ccc2c(c1)C(=O)NC2. The lowest BCUT2D eigenvalue weighted by atomic mass is 10.1.